The summed E-state index contributed by atoms with van der Waals surface area (Å²) in [4.78, 5) is 28.9. The molecule has 0 aliphatic heterocycles. The summed E-state index contributed by atoms with van der Waals surface area (Å²) in [5, 5.41) is 0.362. The first-order chi connectivity index (χ1) is 10.2. The average molecular weight is 280 g/mol. The van der Waals surface area contributed by atoms with E-state index in [0.717, 1.165) is 4.57 Å². The predicted molar refractivity (Wildman–Crippen MR) is 79.6 cm³/mol. The van der Waals surface area contributed by atoms with Crippen molar-refractivity contribution in [1.29, 1.82) is 0 Å². The molecule has 0 aliphatic carbocycles. The number of para-hydroxylation sites is 1. The van der Waals surface area contributed by atoms with E-state index in [0.29, 0.717) is 16.5 Å². The van der Waals surface area contributed by atoms with Gasteiger partial charge in [0.25, 0.3) is 5.56 Å². The zero-order chi connectivity index (χ0) is 14.8. The van der Waals surface area contributed by atoms with Gasteiger partial charge in [0.2, 0.25) is 0 Å². The van der Waals surface area contributed by atoms with E-state index in [4.69, 9.17) is 5.84 Å². The number of benzene rings is 2. The maximum absolute atomic E-state index is 12.5. The molecule has 0 aliphatic rings. The van der Waals surface area contributed by atoms with Gasteiger partial charge in [0, 0.05) is 5.56 Å². The highest BCUT2D eigenvalue weighted by Crippen LogP contribution is 2.18. The van der Waals surface area contributed by atoms with E-state index in [1.54, 1.807) is 48.5 Å². The highest BCUT2D eigenvalue weighted by Gasteiger charge is 2.17. The number of nitrogens with two attached hydrogens (primary N) is 1. The Morgan fingerprint density at radius 2 is 1.71 bits per heavy atom. The van der Waals surface area contributed by atoms with E-state index >= 15 is 0 Å². The normalized spacial score (nSPS) is 10.5. The second-order valence-electron chi connectivity index (χ2n) is 4.41. The summed E-state index contributed by atoms with van der Waals surface area (Å²) < 4.78 is 0.942. The lowest BCUT2D eigenvalue weighted by Gasteiger charge is -2.11. The quantitative estimate of drug-likeness (QED) is 0.401. The highest BCUT2D eigenvalue weighted by atomic mass is 16.2. The lowest BCUT2D eigenvalue weighted by atomic mass is 10.2. The van der Waals surface area contributed by atoms with Crippen molar-refractivity contribution in [2.24, 2.45) is 5.84 Å². The van der Waals surface area contributed by atoms with Gasteiger partial charge in [0.1, 0.15) is 0 Å². The molecular formula is C15H12N4O2. The third-order valence-electron chi connectivity index (χ3n) is 3.13. The van der Waals surface area contributed by atoms with E-state index in [9.17, 15) is 9.59 Å². The molecule has 104 valence electrons. The van der Waals surface area contributed by atoms with Gasteiger partial charge in [-0.2, -0.15) is 0 Å². The molecule has 2 aromatic carbocycles. The molecule has 0 atom stereocenters. The fraction of sp³-hybridized carbons (Fsp3) is 0. The number of hydrogen-bond donors (Lipinski definition) is 2. The fourth-order valence-electron chi connectivity index (χ4n) is 2.17. The standard InChI is InChI=1S/C15H12N4O2/c16-18-15(21)19-13(10-6-2-1-3-7-10)17-12-9-5-4-8-11(12)14(19)20/h1-9H,16H2,(H,18,21). The Balaban J connectivity index is 2.42. The minimum atomic E-state index is -0.725. The molecule has 6 heteroatoms. The van der Waals surface area contributed by atoms with Gasteiger partial charge in [-0.15, -0.1) is 0 Å². The molecule has 0 saturated carbocycles. The molecule has 6 nitrogen and oxygen atoms in total. The van der Waals surface area contributed by atoms with Gasteiger partial charge in [-0.3, -0.25) is 10.2 Å². The van der Waals surface area contributed by atoms with Gasteiger partial charge in [0.05, 0.1) is 10.9 Å². The molecule has 0 spiro atoms. The maximum Gasteiger partial charge on any atom is 0.344 e. The molecule has 0 saturated heterocycles. The molecule has 3 rings (SSSR count). The molecule has 0 radical (unpaired) electrons. The molecule has 21 heavy (non-hydrogen) atoms. The van der Waals surface area contributed by atoms with Crippen molar-refractivity contribution in [2.45, 2.75) is 0 Å². The molecule has 1 heterocycles. The number of rotatable bonds is 1. The summed E-state index contributed by atoms with van der Waals surface area (Å²) in [6.45, 7) is 0. The second kappa shape index (κ2) is 5.18. The van der Waals surface area contributed by atoms with Gasteiger partial charge in [-0.1, -0.05) is 42.5 Å². The number of fused-ring (bicyclic) bond motifs is 1. The van der Waals surface area contributed by atoms with Crippen molar-refractivity contribution in [3.8, 4) is 11.4 Å². The largest absolute Gasteiger partial charge is 0.344 e. The van der Waals surface area contributed by atoms with E-state index in [-0.39, 0.29) is 5.82 Å². The summed E-state index contributed by atoms with van der Waals surface area (Å²) in [5.74, 6) is 5.43. The van der Waals surface area contributed by atoms with Crippen LogP contribution in [0.15, 0.2) is 59.4 Å². The van der Waals surface area contributed by atoms with Crippen LogP contribution in [-0.2, 0) is 0 Å². The SMILES string of the molecule is NNC(=O)n1c(-c2ccccc2)nc2ccccc2c1=O. The van der Waals surface area contributed by atoms with Crippen LogP contribution in [0, 0.1) is 0 Å². The van der Waals surface area contributed by atoms with Crippen LogP contribution in [0.3, 0.4) is 0 Å². The number of nitrogens with zero attached hydrogens (tertiary/aromatic N) is 2. The van der Waals surface area contributed by atoms with Crippen LogP contribution in [0.5, 0.6) is 0 Å². The number of hydrogen-bond acceptors (Lipinski definition) is 4. The monoisotopic (exact) mass is 280 g/mol. The van der Waals surface area contributed by atoms with Gasteiger partial charge in [0.15, 0.2) is 5.82 Å². The summed E-state index contributed by atoms with van der Waals surface area (Å²) in [6.07, 6.45) is 0. The number of nitrogens with one attached hydrogen (secondary N) is 1. The molecule has 1 amide bonds. The molecule has 1 aromatic heterocycles. The van der Waals surface area contributed by atoms with Crippen molar-refractivity contribution < 1.29 is 4.79 Å². The Kier molecular flexibility index (Phi) is 3.21. The van der Waals surface area contributed by atoms with Crippen LogP contribution < -0.4 is 16.8 Å². The molecule has 3 aromatic rings. The lowest BCUT2D eigenvalue weighted by molar-refractivity contribution is 0.242. The second-order valence-corrected chi connectivity index (χ2v) is 4.41. The number of aromatic nitrogens is 2. The van der Waals surface area contributed by atoms with Gasteiger partial charge >= 0.3 is 6.03 Å². The lowest BCUT2D eigenvalue weighted by Crippen LogP contribution is -2.41. The minimum absolute atomic E-state index is 0.252. The Labute approximate surface area is 119 Å². The Morgan fingerprint density at radius 1 is 1.05 bits per heavy atom. The van der Waals surface area contributed by atoms with Gasteiger partial charge in [-0.25, -0.2) is 20.2 Å². The van der Waals surface area contributed by atoms with Crippen LogP contribution in [0.1, 0.15) is 0 Å². The van der Waals surface area contributed by atoms with Crippen molar-refractivity contribution in [3.05, 3.63) is 65.0 Å². The average Bonchev–Trinajstić information content (AvgIpc) is 2.55. The van der Waals surface area contributed by atoms with Crippen LogP contribution >= 0.6 is 0 Å². The van der Waals surface area contributed by atoms with Crippen LogP contribution in [0.4, 0.5) is 4.79 Å². The van der Waals surface area contributed by atoms with E-state index in [2.05, 4.69) is 4.98 Å². The van der Waals surface area contributed by atoms with E-state index in [1.807, 2.05) is 11.5 Å². The third kappa shape index (κ3) is 2.17. The van der Waals surface area contributed by atoms with Crippen LogP contribution in [0.25, 0.3) is 22.3 Å². The van der Waals surface area contributed by atoms with Crippen molar-refractivity contribution in [3.63, 3.8) is 0 Å². The van der Waals surface area contributed by atoms with Gasteiger partial charge in [-0.05, 0) is 12.1 Å². The highest BCUT2D eigenvalue weighted by molar-refractivity contribution is 5.87. The van der Waals surface area contributed by atoms with E-state index < -0.39 is 11.6 Å². The number of hydrazine groups is 1. The third-order valence-corrected chi connectivity index (χ3v) is 3.13. The summed E-state index contributed by atoms with van der Waals surface area (Å²) in [5.41, 5.74) is 2.71. The maximum atomic E-state index is 12.5. The molecule has 0 bridgehead atoms. The fourth-order valence-corrected chi connectivity index (χ4v) is 2.17. The molecule has 0 fully saturated rings. The zero-order valence-electron chi connectivity index (χ0n) is 11.0. The zero-order valence-corrected chi connectivity index (χ0v) is 11.0. The first kappa shape index (κ1) is 13.0. The number of carbonyl (C=O) groups excluding carboxylic acids is 1. The van der Waals surface area contributed by atoms with Crippen molar-refractivity contribution in [1.82, 2.24) is 15.0 Å². The van der Waals surface area contributed by atoms with Crippen molar-refractivity contribution >= 4 is 16.9 Å². The topological polar surface area (TPSA) is 90.0 Å². The van der Waals surface area contributed by atoms with Crippen molar-refractivity contribution in [2.75, 3.05) is 0 Å². The first-order valence-electron chi connectivity index (χ1n) is 6.30. The molecule has 0 unspecified atom stereocenters. The van der Waals surface area contributed by atoms with Crippen LogP contribution in [-0.4, -0.2) is 15.6 Å². The molecular weight excluding hydrogens is 268 g/mol. The number of carbonyl (C=O) groups is 1. The Bertz CT molecular complexity index is 872. The minimum Gasteiger partial charge on any atom is -0.275 e. The van der Waals surface area contributed by atoms with E-state index in [1.165, 1.54) is 0 Å². The summed E-state index contributed by atoms with van der Waals surface area (Å²) >= 11 is 0. The first-order valence-corrected chi connectivity index (χ1v) is 6.30. The number of amides is 1. The van der Waals surface area contributed by atoms with Crippen LogP contribution in [0.2, 0.25) is 0 Å². The number of nitrogen functional groups attached to an aromatic ring is 1. The Morgan fingerprint density at radius 3 is 2.43 bits per heavy atom. The Hall–Kier alpha value is -2.99. The predicted octanol–water partition coefficient (Wildman–Crippen LogP) is 1.49. The summed E-state index contributed by atoms with van der Waals surface area (Å²) in [7, 11) is 0. The molecule has 3 N–H and O–H groups in total. The summed E-state index contributed by atoms with van der Waals surface area (Å²) in [6, 6.07) is 15.1. The van der Waals surface area contributed by atoms with Gasteiger partial charge < -0.3 is 0 Å². The smallest absolute Gasteiger partial charge is 0.275 e.